The largest absolute Gasteiger partial charge is 0.312 e. The van der Waals surface area contributed by atoms with Crippen molar-refractivity contribution in [2.45, 2.75) is 97.3 Å². The Bertz CT molecular complexity index is 285. The van der Waals surface area contributed by atoms with Crippen molar-refractivity contribution in [3.05, 3.63) is 0 Å². The van der Waals surface area contributed by atoms with E-state index in [1.165, 1.54) is 38.5 Å². The number of hydrogen-bond donors (Lipinski definition) is 1. The molecule has 1 aliphatic heterocycles. The van der Waals surface area contributed by atoms with E-state index in [4.69, 9.17) is 0 Å². The van der Waals surface area contributed by atoms with Gasteiger partial charge in [0.25, 0.3) is 0 Å². The summed E-state index contributed by atoms with van der Waals surface area (Å²) in [5, 5.41) is 3.83. The molecule has 0 amide bonds. The Hall–Kier alpha value is -0.0800. The van der Waals surface area contributed by atoms with Crippen LogP contribution in [0.5, 0.6) is 0 Å². The summed E-state index contributed by atoms with van der Waals surface area (Å²) in [6.07, 6.45) is 8.29. The molecule has 4 unspecified atom stereocenters. The molecular formula is C17H34N2. The van der Waals surface area contributed by atoms with Crippen molar-refractivity contribution >= 4 is 0 Å². The van der Waals surface area contributed by atoms with Gasteiger partial charge < -0.3 is 5.32 Å². The summed E-state index contributed by atoms with van der Waals surface area (Å²) in [6, 6.07) is 3.03. The molecule has 2 aliphatic rings. The molecule has 2 fully saturated rings. The van der Waals surface area contributed by atoms with Gasteiger partial charge in [0, 0.05) is 24.2 Å². The topological polar surface area (TPSA) is 15.3 Å². The quantitative estimate of drug-likeness (QED) is 0.832. The summed E-state index contributed by atoms with van der Waals surface area (Å²) in [4.78, 5) is 2.88. The number of nitrogens with zero attached hydrogens (tertiary/aromatic N) is 1. The summed E-state index contributed by atoms with van der Waals surface area (Å²) < 4.78 is 0. The van der Waals surface area contributed by atoms with Gasteiger partial charge in [0.15, 0.2) is 0 Å². The second kappa shape index (κ2) is 6.13. The molecule has 19 heavy (non-hydrogen) atoms. The van der Waals surface area contributed by atoms with E-state index < -0.39 is 0 Å². The first kappa shape index (κ1) is 15.3. The normalized spacial score (nSPS) is 39.6. The van der Waals surface area contributed by atoms with Crippen LogP contribution in [0.4, 0.5) is 0 Å². The molecule has 1 saturated heterocycles. The van der Waals surface area contributed by atoms with Crippen molar-refractivity contribution in [1.29, 1.82) is 0 Å². The van der Waals surface area contributed by atoms with E-state index in [1.54, 1.807) is 0 Å². The van der Waals surface area contributed by atoms with Crippen LogP contribution >= 0.6 is 0 Å². The van der Waals surface area contributed by atoms with Crippen LogP contribution in [-0.2, 0) is 0 Å². The summed E-state index contributed by atoms with van der Waals surface area (Å²) in [7, 11) is 0. The molecule has 1 N–H and O–H groups in total. The second-order valence-corrected chi connectivity index (χ2v) is 7.42. The Morgan fingerprint density at radius 1 is 1.16 bits per heavy atom. The van der Waals surface area contributed by atoms with Gasteiger partial charge in [-0.25, -0.2) is 0 Å². The molecule has 0 spiro atoms. The fourth-order valence-electron chi connectivity index (χ4n) is 4.67. The van der Waals surface area contributed by atoms with Crippen molar-refractivity contribution in [2.24, 2.45) is 5.41 Å². The van der Waals surface area contributed by atoms with Crippen LogP contribution in [0.25, 0.3) is 0 Å². The second-order valence-electron chi connectivity index (χ2n) is 7.42. The molecule has 0 aromatic heterocycles. The van der Waals surface area contributed by atoms with Gasteiger partial charge in [-0.3, -0.25) is 4.90 Å². The molecule has 0 radical (unpaired) electrons. The van der Waals surface area contributed by atoms with Gasteiger partial charge in [-0.05, 0) is 51.0 Å². The molecule has 0 aromatic rings. The Labute approximate surface area is 120 Å². The third kappa shape index (κ3) is 3.00. The maximum atomic E-state index is 3.83. The van der Waals surface area contributed by atoms with Crippen LogP contribution in [-0.4, -0.2) is 35.6 Å². The first-order valence-corrected chi connectivity index (χ1v) is 8.52. The molecule has 4 atom stereocenters. The summed E-state index contributed by atoms with van der Waals surface area (Å²) in [5.41, 5.74) is 0.444. The zero-order valence-electron chi connectivity index (χ0n) is 13.7. The third-order valence-electron chi connectivity index (χ3n) is 5.67. The van der Waals surface area contributed by atoms with E-state index in [1.807, 2.05) is 0 Å². The number of likely N-dealkylation sites (tertiary alicyclic amines) is 1. The van der Waals surface area contributed by atoms with E-state index in [0.717, 1.165) is 24.7 Å². The highest BCUT2D eigenvalue weighted by Crippen LogP contribution is 2.41. The van der Waals surface area contributed by atoms with Crippen LogP contribution < -0.4 is 5.32 Å². The lowest BCUT2D eigenvalue weighted by atomic mass is 9.70. The Morgan fingerprint density at radius 2 is 1.89 bits per heavy atom. The van der Waals surface area contributed by atoms with Crippen LogP contribution in [0, 0.1) is 5.41 Å². The maximum Gasteiger partial charge on any atom is 0.0274 e. The van der Waals surface area contributed by atoms with Gasteiger partial charge in [-0.1, -0.05) is 34.1 Å². The van der Waals surface area contributed by atoms with Gasteiger partial charge in [0.05, 0.1) is 0 Å². The van der Waals surface area contributed by atoms with E-state index in [-0.39, 0.29) is 0 Å². The van der Waals surface area contributed by atoms with Crippen LogP contribution in [0.1, 0.15) is 73.1 Å². The van der Waals surface area contributed by atoms with Crippen molar-refractivity contribution in [2.75, 3.05) is 6.54 Å². The number of rotatable bonds is 4. The minimum atomic E-state index is 0.444. The van der Waals surface area contributed by atoms with E-state index in [0.29, 0.717) is 11.5 Å². The number of nitrogens with one attached hydrogen (secondary N) is 1. The summed E-state index contributed by atoms with van der Waals surface area (Å²) in [5.74, 6) is 0. The molecule has 0 bridgehead atoms. The highest BCUT2D eigenvalue weighted by atomic mass is 15.3. The average molecular weight is 266 g/mol. The molecule has 112 valence electrons. The number of hydrogen-bond acceptors (Lipinski definition) is 2. The molecule has 2 rings (SSSR count). The van der Waals surface area contributed by atoms with E-state index >= 15 is 0 Å². The zero-order valence-corrected chi connectivity index (χ0v) is 13.7. The van der Waals surface area contributed by atoms with Crippen LogP contribution in [0.15, 0.2) is 0 Å². The van der Waals surface area contributed by atoms with E-state index in [9.17, 15) is 0 Å². The fraction of sp³-hybridized carbons (Fsp3) is 1.00. The highest BCUT2D eigenvalue weighted by molar-refractivity contribution is 5.02. The molecule has 0 aromatic carbocycles. The van der Waals surface area contributed by atoms with Crippen molar-refractivity contribution in [1.82, 2.24) is 10.2 Å². The molecule has 2 heteroatoms. The van der Waals surface area contributed by atoms with Crippen molar-refractivity contribution in [3.8, 4) is 0 Å². The summed E-state index contributed by atoms with van der Waals surface area (Å²) in [6.45, 7) is 13.1. The van der Waals surface area contributed by atoms with Gasteiger partial charge in [-0.15, -0.1) is 0 Å². The molecule has 1 aliphatic carbocycles. The predicted molar refractivity (Wildman–Crippen MR) is 83.5 cm³/mol. The minimum absolute atomic E-state index is 0.444. The van der Waals surface area contributed by atoms with Crippen LogP contribution in [0.2, 0.25) is 0 Å². The SMILES string of the molecule is CCNC1C(N2C(C)CCC2CC)CCCC1(C)C. The zero-order chi connectivity index (χ0) is 14.0. The van der Waals surface area contributed by atoms with Crippen molar-refractivity contribution < 1.29 is 0 Å². The fourth-order valence-corrected chi connectivity index (χ4v) is 4.67. The van der Waals surface area contributed by atoms with Gasteiger partial charge in [0.1, 0.15) is 0 Å². The minimum Gasteiger partial charge on any atom is -0.312 e. The standard InChI is InChI=1S/C17H34N2/c1-6-14-11-10-13(3)19(14)15-9-8-12-17(4,5)16(15)18-7-2/h13-16,18H,6-12H2,1-5H3. The lowest BCUT2D eigenvalue weighted by Gasteiger charge is -2.50. The smallest absolute Gasteiger partial charge is 0.0274 e. The van der Waals surface area contributed by atoms with Gasteiger partial charge in [0.2, 0.25) is 0 Å². The number of likely N-dealkylation sites (N-methyl/N-ethyl adjacent to an activating group) is 1. The molecule has 2 nitrogen and oxygen atoms in total. The van der Waals surface area contributed by atoms with Crippen molar-refractivity contribution in [3.63, 3.8) is 0 Å². The van der Waals surface area contributed by atoms with Gasteiger partial charge in [-0.2, -0.15) is 0 Å². The Morgan fingerprint density at radius 3 is 2.53 bits per heavy atom. The highest BCUT2D eigenvalue weighted by Gasteiger charge is 2.45. The lowest BCUT2D eigenvalue weighted by Crippen LogP contribution is -2.60. The monoisotopic (exact) mass is 266 g/mol. The first-order chi connectivity index (χ1) is 9.01. The first-order valence-electron chi connectivity index (χ1n) is 8.52. The maximum absolute atomic E-state index is 3.83. The average Bonchev–Trinajstić information content (AvgIpc) is 2.73. The molecule has 1 heterocycles. The van der Waals surface area contributed by atoms with Gasteiger partial charge >= 0.3 is 0 Å². The van der Waals surface area contributed by atoms with Crippen LogP contribution in [0.3, 0.4) is 0 Å². The molecule has 1 saturated carbocycles. The molecular weight excluding hydrogens is 232 g/mol. The lowest BCUT2D eigenvalue weighted by molar-refractivity contribution is 0.0223. The summed E-state index contributed by atoms with van der Waals surface area (Å²) >= 11 is 0. The third-order valence-corrected chi connectivity index (χ3v) is 5.67. The predicted octanol–water partition coefficient (Wildman–Crippen LogP) is 3.81. The van der Waals surface area contributed by atoms with E-state index in [2.05, 4.69) is 44.8 Å². The Kier molecular flexibility index (Phi) is 4.94. The Balaban J connectivity index is 2.19.